The fourth-order valence-electron chi connectivity index (χ4n) is 3.51. The van der Waals surface area contributed by atoms with Gasteiger partial charge in [-0.1, -0.05) is 25.7 Å². The first-order valence-corrected chi connectivity index (χ1v) is 6.18. The molecule has 0 aromatic heterocycles. The maximum Gasteiger partial charge on any atom is 0.317 e. The van der Waals surface area contributed by atoms with Gasteiger partial charge in [0, 0.05) is 6.04 Å². The molecule has 0 aliphatic heterocycles. The van der Waals surface area contributed by atoms with Crippen LogP contribution < -0.4 is 5.32 Å². The summed E-state index contributed by atoms with van der Waals surface area (Å²) < 4.78 is 0. The van der Waals surface area contributed by atoms with Crippen LogP contribution in [0.2, 0.25) is 0 Å². The molecule has 1 atom stereocenters. The minimum atomic E-state index is -0.728. The van der Waals surface area contributed by atoms with Gasteiger partial charge in [0.1, 0.15) is 0 Å². The van der Waals surface area contributed by atoms with Crippen molar-refractivity contribution in [3.63, 3.8) is 0 Å². The fourth-order valence-corrected chi connectivity index (χ4v) is 3.51. The van der Waals surface area contributed by atoms with Gasteiger partial charge < -0.3 is 10.4 Å². The molecule has 0 aromatic rings. The molecule has 0 amide bonds. The zero-order valence-corrected chi connectivity index (χ0v) is 9.30. The molecule has 3 nitrogen and oxygen atoms in total. The molecule has 1 unspecified atom stereocenters. The zero-order valence-electron chi connectivity index (χ0n) is 9.30. The summed E-state index contributed by atoms with van der Waals surface area (Å²) in [5, 5.41) is 12.0. The first-order valence-electron chi connectivity index (χ1n) is 6.18. The van der Waals surface area contributed by atoms with Gasteiger partial charge in [-0.25, -0.2) is 0 Å². The van der Waals surface area contributed by atoms with E-state index in [2.05, 4.69) is 5.32 Å². The molecule has 15 heavy (non-hydrogen) atoms. The highest BCUT2D eigenvalue weighted by molar-refractivity contribution is 5.69. The second kappa shape index (κ2) is 4.52. The van der Waals surface area contributed by atoms with E-state index < -0.39 is 5.97 Å². The van der Waals surface area contributed by atoms with Crippen molar-refractivity contribution in [2.24, 2.45) is 5.41 Å². The zero-order chi connectivity index (χ0) is 10.7. The predicted octanol–water partition coefficient (Wildman–Crippen LogP) is 2.16. The molecular weight excluding hydrogens is 190 g/mol. The Labute approximate surface area is 91.2 Å². The highest BCUT2D eigenvalue weighted by atomic mass is 16.4. The van der Waals surface area contributed by atoms with Gasteiger partial charge in [-0.05, 0) is 31.1 Å². The van der Waals surface area contributed by atoms with Gasteiger partial charge in [-0.3, -0.25) is 4.79 Å². The Kier molecular flexibility index (Phi) is 3.29. The van der Waals surface area contributed by atoms with Crippen molar-refractivity contribution in [3.8, 4) is 0 Å². The fraction of sp³-hybridized carbons (Fsp3) is 0.917. The average Bonchev–Trinajstić information content (AvgIpc) is 2.66. The minimum absolute atomic E-state index is 0.131. The SMILES string of the molecule is O=C(O)CNC1CCCCC12CCCC2. The molecule has 3 heteroatoms. The average molecular weight is 211 g/mol. The summed E-state index contributed by atoms with van der Waals surface area (Å²) in [6.45, 7) is 0.131. The molecule has 86 valence electrons. The van der Waals surface area contributed by atoms with Crippen LogP contribution in [-0.2, 0) is 4.79 Å². The Hall–Kier alpha value is -0.570. The summed E-state index contributed by atoms with van der Waals surface area (Å²) in [4.78, 5) is 10.6. The van der Waals surface area contributed by atoms with E-state index in [1.807, 2.05) is 0 Å². The topological polar surface area (TPSA) is 49.3 Å². The maximum atomic E-state index is 10.6. The number of nitrogens with one attached hydrogen (secondary N) is 1. The Balaban J connectivity index is 1.96. The van der Waals surface area contributed by atoms with Crippen molar-refractivity contribution in [2.75, 3.05) is 6.54 Å². The van der Waals surface area contributed by atoms with E-state index in [0.717, 1.165) is 0 Å². The van der Waals surface area contributed by atoms with Crippen LogP contribution in [0.4, 0.5) is 0 Å². The molecular formula is C12H21NO2. The van der Waals surface area contributed by atoms with Crippen molar-refractivity contribution < 1.29 is 9.90 Å². The first-order chi connectivity index (χ1) is 7.23. The van der Waals surface area contributed by atoms with Crippen molar-refractivity contribution in [1.29, 1.82) is 0 Å². The van der Waals surface area contributed by atoms with E-state index in [1.165, 1.54) is 51.4 Å². The van der Waals surface area contributed by atoms with Crippen molar-refractivity contribution in [1.82, 2.24) is 5.32 Å². The van der Waals surface area contributed by atoms with Gasteiger partial charge in [0.2, 0.25) is 0 Å². The number of rotatable bonds is 3. The van der Waals surface area contributed by atoms with Gasteiger partial charge >= 0.3 is 5.97 Å². The smallest absolute Gasteiger partial charge is 0.317 e. The van der Waals surface area contributed by atoms with E-state index in [4.69, 9.17) is 5.11 Å². The molecule has 0 heterocycles. The summed E-state index contributed by atoms with van der Waals surface area (Å²) in [6, 6.07) is 0.463. The lowest BCUT2D eigenvalue weighted by Crippen LogP contribution is -2.47. The van der Waals surface area contributed by atoms with Crippen LogP contribution in [0.15, 0.2) is 0 Å². The molecule has 0 bridgehead atoms. The van der Waals surface area contributed by atoms with Crippen LogP contribution in [0.1, 0.15) is 51.4 Å². The molecule has 1 spiro atoms. The normalized spacial score (nSPS) is 29.5. The van der Waals surface area contributed by atoms with Gasteiger partial charge in [0.05, 0.1) is 6.54 Å². The Morgan fingerprint density at radius 2 is 1.80 bits per heavy atom. The van der Waals surface area contributed by atoms with Crippen LogP contribution in [0.3, 0.4) is 0 Å². The predicted molar refractivity (Wildman–Crippen MR) is 58.8 cm³/mol. The molecule has 0 aromatic carbocycles. The van der Waals surface area contributed by atoms with Gasteiger partial charge in [-0.15, -0.1) is 0 Å². The van der Waals surface area contributed by atoms with E-state index in [-0.39, 0.29) is 6.54 Å². The Bertz CT molecular complexity index is 234. The lowest BCUT2D eigenvalue weighted by Gasteiger charge is -2.42. The second-order valence-electron chi connectivity index (χ2n) is 5.14. The van der Waals surface area contributed by atoms with Crippen LogP contribution in [-0.4, -0.2) is 23.7 Å². The molecule has 0 saturated heterocycles. The van der Waals surface area contributed by atoms with Crippen molar-refractivity contribution in [2.45, 2.75) is 57.4 Å². The van der Waals surface area contributed by atoms with Crippen LogP contribution in [0.5, 0.6) is 0 Å². The monoisotopic (exact) mass is 211 g/mol. The molecule has 2 aliphatic rings. The van der Waals surface area contributed by atoms with Gasteiger partial charge in [0.15, 0.2) is 0 Å². The quantitative estimate of drug-likeness (QED) is 0.752. The number of carbonyl (C=O) groups is 1. The van der Waals surface area contributed by atoms with Crippen molar-refractivity contribution >= 4 is 5.97 Å². The van der Waals surface area contributed by atoms with E-state index in [1.54, 1.807) is 0 Å². The largest absolute Gasteiger partial charge is 0.480 e. The number of hydrogen-bond donors (Lipinski definition) is 2. The summed E-state index contributed by atoms with van der Waals surface area (Å²) in [5.74, 6) is -0.728. The number of aliphatic carboxylic acids is 1. The Morgan fingerprint density at radius 3 is 2.40 bits per heavy atom. The third-order valence-corrected chi connectivity index (χ3v) is 4.26. The second-order valence-corrected chi connectivity index (χ2v) is 5.14. The lowest BCUT2D eigenvalue weighted by molar-refractivity contribution is -0.136. The molecule has 0 radical (unpaired) electrons. The van der Waals surface area contributed by atoms with Crippen LogP contribution in [0.25, 0.3) is 0 Å². The summed E-state index contributed by atoms with van der Waals surface area (Å²) in [7, 11) is 0. The standard InChI is InChI=1S/C12H21NO2/c14-11(15)9-13-10-5-1-2-6-12(10)7-3-4-8-12/h10,13H,1-9H2,(H,14,15). The third-order valence-electron chi connectivity index (χ3n) is 4.26. The van der Waals surface area contributed by atoms with Crippen LogP contribution in [0, 0.1) is 5.41 Å². The lowest BCUT2D eigenvalue weighted by atomic mass is 9.69. The molecule has 2 N–H and O–H groups in total. The van der Waals surface area contributed by atoms with Gasteiger partial charge in [0.25, 0.3) is 0 Å². The highest BCUT2D eigenvalue weighted by Gasteiger charge is 2.42. The molecule has 2 saturated carbocycles. The maximum absolute atomic E-state index is 10.6. The summed E-state index contributed by atoms with van der Waals surface area (Å²) in [5.41, 5.74) is 0.452. The minimum Gasteiger partial charge on any atom is -0.480 e. The number of carboxylic acids is 1. The first kappa shape index (κ1) is 10.9. The Morgan fingerprint density at radius 1 is 1.20 bits per heavy atom. The van der Waals surface area contributed by atoms with E-state index in [0.29, 0.717) is 11.5 Å². The highest BCUT2D eigenvalue weighted by Crippen LogP contribution is 2.48. The number of hydrogen-bond acceptors (Lipinski definition) is 2. The summed E-state index contributed by atoms with van der Waals surface area (Å²) in [6.07, 6.45) is 10.4. The number of carboxylic acid groups (broad SMARTS) is 1. The van der Waals surface area contributed by atoms with E-state index in [9.17, 15) is 4.79 Å². The third kappa shape index (κ3) is 2.33. The summed E-state index contributed by atoms with van der Waals surface area (Å²) >= 11 is 0. The molecule has 2 rings (SSSR count). The van der Waals surface area contributed by atoms with Gasteiger partial charge in [-0.2, -0.15) is 0 Å². The van der Waals surface area contributed by atoms with Crippen LogP contribution >= 0.6 is 0 Å². The van der Waals surface area contributed by atoms with E-state index >= 15 is 0 Å². The molecule has 2 fully saturated rings. The van der Waals surface area contributed by atoms with Crippen molar-refractivity contribution in [3.05, 3.63) is 0 Å². The molecule has 2 aliphatic carbocycles.